The maximum atomic E-state index is 11.9. The molecule has 0 saturated carbocycles. The van der Waals surface area contributed by atoms with E-state index in [9.17, 15) is 9.59 Å². The van der Waals surface area contributed by atoms with Gasteiger partial charge < -0.3 is 15.3 Å². The van der Waals surface area contributed by atoms with Crippen LogP contribution in [0, 0.1) is 11.8 Å². The molecule has 0 aromatic heterocycles. The highest BCUT2D eigenvalue weighted by Gasteiger charge is 2.26. The normalized spacial score (nSPS) is 20.3. The number of hydrogen-bond donors (Lipinski definition) is 2. The molecular formula is C13H24N2O3S. The molecule has 0 aromatic rings. The second kappa shape index (κ2) is 8.30. The molecular weight excluding hydrogens is 264 g/mol. The maximum Gasteiger partial charge on any atom is 0.317 e. The Hall–Kier alpha value is -0.910. The zero-order valence-electron chi connectivity index (χ0n) is 11.7. The van der Waals surface area contributed by atoms with Gasteiger partial charge in [-0.2, -0.15) is 11.8 Å². The summed E-state index contributed by atoms with van der Waals surface area (Å²) in [7, 11) is 0. The van der Waals surface area contributed by atoms with Crippen molar-refractivity contribution >= 4 is 23.8 Å². The van der Waals surface area contributed by atoms with Gasteiger partial charge in [-0.15, -0.1) is 0 Å². The van der Waals surface area contributed by atoms with Crippen LogP contribution in [0.5, 0.6) is 0 Å². The fraction of sp³-hybridized carbons (Fsp3) is 0.846. The van der Waals surface area contributed by atoms with Gasteiger partial charge in [-0.3, -0.25) is 4.79 Å². The molecule has 6 heteroatoms. The largest absolute Gasteiger partial charge is 0.481 e. The van der Waals surface area contributed by atoms with Crippen molar-refractivity contribution in [3.05, 3.63) is 0 Å². The molecule has 2 N–H and O–H groups in total. The predicted octanol–water partition coefficient (Wildman–Crippen LogP) is 1.88. The average molecular weight is 288 g/mol. The van der Waals surface area contributed by atoms with Crippen molar-refractivity contribution in [2.45, 2.75) is 26.2 Å². The summed E-state index contributed by atoms with van der Waals surface area (Å²) in [6.07, 6.45) is 3.85. The molecule has 110 valence electrons. The SMILES string of the molecule is CSCC(C)CNC(=O)N1CCC(CCC(=O)O)C1. The highest BCUT2D eigenvalue weighted by Crippen LogP contribution is 2.20. The third-order valence-corrected chi connectivity index (χ3v) is 4.29. The molecule has 1 fully saturated rings. The van der Waals surface area contributed by atoms with Gasteiger partial charge in [0.25, 0.3) is 0 Å². The third-order valence-electron chi connectivity index (χ3n) is 3.39. The maximum absolute atomic E-state index is 11.9. The molecule has 2 amide bonds. The molecule has 0 bridgehead atoms. The minimum absolute atomic E-state index is 0.00854. The van der Waals surface area contributed by atoms with Gasteiger partial charge in [0.2, 0.25) is 0 Å². The smallest absolute Gasteiger partial charge is 0.317 e. The first kappa shape index (κ1) is 16.1. The first-order chi connectivity index (χ1) is 9.02. The molecule has 1 aliphatic heterocycles. The number of rotatable bonds is 7. The Labute approximate surface area is 119 Å². The van der Waals surface area contributed by atoms with Crippen molar-refractivity contribution in [2.75, 3.05) is 31.6 Å². The molecule has 5 nitrogen and oxygen atoms in total. The summed E-state index contributed by atoms with van der Waals surface area (Å²) >= 11 is 1.78. The Kier molecular flexibility index (Phi) is 7.05. The van der Waals surface area contributed by atoms with Crippen LogP contribution in [0.3, 0.4) is 0 Å². The van der Waals surface area contributed by atoms with E-state index < -0.39 is 5.97 Å². The topological polar surface area (TPSA) is 69.6 Å². The number of amides is 2. The van der Waals surface area contributed by atoms with Crippen LogP contribution in [-0.2, 0) is 4.79 Å². The summed E-state index contributed by atoms with van der Waals surface area (Å²) in [5, 5.41) is 11.6. The van der Waals surface area contributed by atoms with Gasteiger partial charge >= 0.3 is 12.0 Å². The van der Waals surface area contributed by atoms with Gasteiger partial charge in [-0.25, -0.2) is 4.79 Å². The second-order valence-electron chi connectivity index (χ2n) is 5.28. The summed E-state index contributed by atoms with van der Waals surface area (Å²) in [6.45, 7) is 4.26. The van der Waals surface area contributed by atoms with Crippen LogP contribution in [0.4, 0.5) is 4.79 Å². The van der Waals surface area contributed by atoms with Crippen LogP contribution in [0.25, 0.3) is 0 Å². The Bertz CT molecular complexity index is 312. The third kappa shape index (κ3) is 6.18. The number of hydrogen-bond acceptors (Lipinski definition) is 3. The number of carboxylic acids is 1. The van der Waals surface area contributed by atoms with Gasteiger partial charge in [-0.05, 0) is 36.7 Å². The van der Waals surface area contributed by atoms with E-state index in [4.69, 9.17) is 5.11 Å². The summed E-state index contributed by atoms with van der Waals surface area (Å²) in [5.74, 6) is 1.10. The van der Waals surface area contributed by atoms with Crippen LogP contribution in [-0.4, -0.2) is 53.6 Å². The van der Waals surface area contributed by atoms with E-state index in [0.29, 0.717) is 31.3 Å². The van der Waals surface area contributed by atoms with E-state index in [1.54, 1.807) is 16.7 Å². The fourth-order valence-corrected chi connectivity index (χ4v) is 2.98. The van der Waals surface area contributed by atoms with Crippen LogP contribution in [0.1, 0.15) is 26.2 Å². The zero-order valence-corrected chi connectivity index (χ0v) is 12.5. The number of nitrogens with one attached hydrogen (secondary N) is 1. The van der Waals surface area contributed by atoms with E-state index in [-0.39, 0.29) is 12.5 Å². The van der Waals surface area contributed by atoms with E-state index >= 15 is 0 Å². The molecule has 2 atom stereocenters. The number of carboxylic acid groups (broad SMARTS) is 1. The molecule has 1 rings (SSSR count). The van der Waals surface area contributed by atoms with Crippen molar-refractivity contribution < 1.29 is 14.7 Å². The molecule has 0 aliphatic carbocycles. The first-order valence-corrected chi connectivity index (χ1v) is 8.15. The van der Waals surface area contributed by atoms with Crippen molar-refractivity contribution in [1.29, 1.82) is 0 Å². The lowest BCUT2D eigenvalue weighted by atomic mass is 10.0. The molecule has 1 saturated heterocycles. The molecule has 1 aliphatic rings. The van der Waals surface area contributed by atoms with Gasteiger partial charge in [-0.1, -0.05) is 6.92 Å². The molecule has 1 heterocycles. The second-order valence-corrected chi connectivity index (χ2v) is 6.19. The van der Waals surface area contributed by atoms with Crippen LogP contribution in [0.15, 0.2) is 0 Å². The number of carbonyl (C=O) groups excluding carboxylic acids is 1. The van der Waals surface area contributed by atoms with Crippen molar-refractivity contribution in [2.24, 2.45) is 11.8 Å². The van der Waals surface area contributed by atoms with Crippen LogP contribution in [0.2, 0.25) is 0 Å². The minimum Gasteiger partial charge on any atom is -0.481 e. The lowest BCUT2D eigenvalue weighted by molar-refractivity contribution is -0.137. The summed E-state index contributed by atoms with van der Waals surface area (Å²) in [4.78, 5) is 24.2. The molecule has 0 spiro atoms. The highest BCUT2D eigenvalue weighted by atomic mass is 32.2. The fourth-order valence-electron chi connectivity index (χ4n) is 2.30. The number of thioether (sulfide) groups is 1. The van der Waals surface area contributed by atoms with E-state index in [2.05, 4.69) is 18.5 Å². The Morgan fingerprint density at radius 1 is 1.53 bits per heavy atom. The van der Waals surface area contributed by atoms with Gasteiger partial charge in [0, 0.05) is 26.1 Å². The summed E-state index contributed by atoms with van der Waals surface area (Å²) in [6, 6.07) is -0.00854. The van der Waals surface area contributed by atoms with Crippen molar-refractivity contribution in [3.8, 4) is 0 Å². The predicted molar refractivity (Wildman–Crippen MR) is 77.5 cm³/mol. The number of carbonyl (C=O) groups is 2. The number of nitrogens with zero attached hydrogens (tertiary/aromatic N) is 1. The van der Waals surface area contributed by atoms with Crippen molar-refractivity contribution in [3.63, 3.8) is 0 Å². The van der Waals surface area contributed by atoms with Crippen molar-refractivity contribution in [1.82, 2.24) is 10.2 Å². The highest BCUT2D eigenvalue weighted by molar-refractivity contribution is 7.98. The zero-order chi connectivity index (χ0) is 14.3. The van der Waals surface area contributed by atoms with Crippen LogP contribution >= 0.6 is 11.8 Å². The molecule has 0 radical (unpaired) electrons. The minimum atomic E-state index is -0.756. The molecule has 0 aromatic carbocycles. The average Bonchev–Trinajstić information content (AvgIpc) is 2.82. The van der Waals surface area contributed by atoms with E-state index in [1.807, 2.05) is 0 Å². The van der Waals surface area contributed by atoms with Gasteiger partial charge in [0.15, 0.2) is 0 Å². The lowest BCUT2D eigenvalue weighted by Crippen LogP contribution is -2.40. The van der Waals surface area contributed by atoms with E-state index in [0.717, 1.165) is 18.7 Å². The lowest BCUT2D eigenvalue weighted by Gasteiger charge is -2.19. The quantitative estimate of drug-likeness (QED) is 0.750. The Morgan fingerprint density at radius 3 is 2.89 bits per heavy atom. The standard InChI is InChI=1S/C13H24N2O3S/c1-10(9-19-2)7-14-13(18)15-6-5-11(8-15)3-4-12(16)17/h10-11H,3-9H2,1-2H3,(H,14,18)(H,16,17). The van der Waals surface area contributed by atoms with Gasteiger partial charge in [0.05, 0.1) is 0 Å². The first-order valence-electron chi connectivity index (χ1n) is 6.76. The number of aliphatic carboxylic acids is 1. The number of likely N-dealkylation sites (tertiary alicyclic amines) is 1. The summed E-state index contributed by atoms with van der Waals surface area (Å²) in [5.41, 5.74) is 0. The van der Waals surface area contributed by atoms with Gasteiger partial charge in [0.1, 0.15) is 0 Å². The monoisotopic (exact) mass is 288 g/mol. The Morgan fingerprint density at radius 2 is 2.26 bits per heavy atom. The summed E-state index contributed by atoms with van der Waals surface area (Å²) < 4.78 is 0. The van der Waals surface area contributed by atoms with Crippen LogP contribution < -0.4 is 5.32 Å². The molecule has 19 heavy (non-hydrogen) atoms. The molecule has 2 unspecified atom stereocenters. The number of urea groups is 1. The van der Waals surface area contributed by atoms with E-state index in [1.165, 1.54) is 0 Å². The Balaban J connectivity index is 2.22.